The Morgan fingerprint density at radius 1 is 1.25 bits per heavy atom. The molecule has 16 heavy (non-hydrogen) atoms. The SMILES string of the molecule is CCc1nnnc(CC)c1C1C=COC1=O. The average molecular weight is 219 g/mol. The molecule has 1 aliphatic heterocycles. The van der Waals surface area contributed by atoms with Crippen molar-refractivity contribution in [2.75, 3.05) is 0 Å². The van der Waals surface area contributed by atoms with Gasteiger partial charge in [0.15, 0.2) is 0 Å². The van der Waals surface area contributed by atoms with E-state index >= 15 is 0 Å². The Morgan fingerprint density at radius 2 is 1.88 bits per heavy atom. The molecular weight excluding hydrogens is 206 g/mol. The molecule has 5 heteroatoms. The zero-order valence-electron chi connectivity index (χ0n) is 9.30. The Bertz CT molecular complexity index is 421. The van der Waals surface area contributed by atoms with Crippen molar-refractivity contribution in [1.82, 2.24) is 15.4 Å². The van der Waals surface area contributed by atoms with Gasteiger partial charge in [-0.15, -0.1) is 10.2 Å². The summed E-state index contributed by atoms with van der Waals surface area (Å²) in [5, 5.41) is 11.7. The van der Waals surface area contributed by atoms with Crippen LogP contribution in [0.5, 0.6) is 0 Å². The van der Waals surface area contributed by atoms with Gasteiger partial charge in [0.2, 0.25) is 0 Å². The van der Waals surface area contributed by atoms with Gasteiger partial charge >= 0.3 is 5.97 Å². The number of aryl methyl sites for hydroxylation is 2. The lowest BCUT2D eigenvalue weighted by Crippen LogP contribution is -2.15. The highest BCUT2D eigenvalue weighted by molar-refractivity contribution is 5.83. The zero-order valence-corrected chi connectivity index (χ0v) is 9.30. The molecule has 0 aliphatic carbocycles. The first-order valence-electron chi connectivity index (χ1n) is 5.36. The standard InChI is InChI=1S/C11H13N3O2/c1-3-8-10(7-5-6-16-11(7)15)9(4-2)13-14-12-8/h5-7H,3-4H2,1-2H3. The summed E-state index contributed by atoms with van der Waals surface area (Å²) in [6.07, 6.45) is 4.62. The Labute approximate surface area is 93.5 Å². The molecule has 0 aromatic carbocycles. The molecule has 1 aromatic heterocycles. The van der Waals surface area contributed by atoms with E-state index in [0.717, 1.165) is 29.8 Å². The van der Waals surface area contributed by atoms with Gasteiger partial charge in [-0.05, 0) is 24.1 Å². The van der Waals surface area contributed by atoms with Gasteiger partial charge in [0.25, 0.3) is 0 Å². The van der Waals surface area contributed by atoms with E-state index in [9.17, 15) is 4.79 Å². The van der Waals surface area contributed by atoms with E-state index in [2.05, 4.69) is 15.4 Å². The van der Waals surface area contributed by atoms with Crippen LogP contribution in [0.25, 0.3) is 0 Å². The summed E-state index contributed by atoms with van der Waals surface area (Å²) in [6.45, 7) is 3.97. The maximum atomic E-state index is 11.6. The fraction of sp³-hybridized carbons (Fsp3) is 0.455. The van der Waals surface area contributed by atoms with Crippen molar-refractivity contribution in [2.45, 2.75) is 32.6 Å². The van der Waals surface area contributed by atoms with Gasteiger partial charge in [0.1, 0.15) is 5.92 Å². The van der Waals surface area contributed by atoms with Crippen LogP contribution in [0.3, 0.4) is 0 Å². The summed E-state index contributed by atoms with van der Waals surface area (Å²) in [5.74, 6) is -0.632. The number of esters is 1. The van der Waals surface area contributed by atoms with Gasteiger partial charge in [0.05, 0.1) is 17.6 Å². The van der Waals surface area contributed by atoms with Crippen molar-refractivity contribution >= 4 is 5.97 Å². The summed E-state index contributed by atoms with van der Waals surface area (Å²) < 4.78 is 4.82. The number of carbonyl (C=O) groups is 1. The highest BCUT2D eigenvalue weighted by Crippen LogP contribution is 2.28. The van der Waals surface area contributed by atoms with E-state index in [1.54, 1.807) is 6.08 Å². The number of aromatic nitrogens is 3. The van der Waals surface area contributed by atoms with Gasteiger partial charge in [-0.1, -0.05) is 13.8 Å². The summed E-state index contributed by atoms with van der Waals surface area (Å²) in [7, 11) is 0. The first-order valence-corrected chi connectivity index (χ1v) is 5.36. The minimum Gasteiger partial charge on any atom is -0.434 e. The highest BCUT2D eigenvalue weighted by atomic mass is 16.5. The molecule has 0 saturated carbocycles. The summed E-state index contributed by atoms with van der Waals surface area (Å²) in [6, 6.07) is 0. The summed E-state index contributed by atoms with van der Waals surface area (Å²) in [4.78, 5) is 11.6. The largest absolute Gasteiger partial charge is 0.434 e. The van der Waals surface area contributed by atoms with E-state index in [0.29, 0.717) is 0 Å². The second kappa shape index (κ2) is 4.38. The van der Waals surface area contributed by atoms with Crippen molar-refractivity contribution < 1.29 is 9.53 Å². The van der Waals surface area contributed by atoms with E-state index in [4.69, 9.17) is 4.74 Å². The van der Waals surface area contributed by atoms with Crippen LogP contribution < -0.4 is 0 Å². The fourth-order valence-electron chi connectivity index (χ4n) is 1.84. The van der Waals surface area contributed by atoms with Gasteiger partial charge in [0, 0.05) is 5.56 Å². The van der Waals surface area contributed by atoms with E-state index in [1.165, 1.54) is 6.26 Å². The van der Waals surface area contributed by atoms with Gasteiger partial charge in [-0.25, -0.2) is 0 Å². The molecule has 2 rings (SSSR count). The first kappa shape index (κ1) is 10.7. The Kier molecular flexibility index (Phi) is 2.94. The van der Waals surface area contributed by atoms with Crippen LogP contribution >= 0.6 is 0 Å². The third kappa shape index (κ3) is 1.68. The lowest BCUT2D eigenvalue weighted by Gasteiger charge is -2.12. The number of hydrogen-bond acceptors (Lipinski definition) is 5. The van der Waals surface area contributed by atoms with Crippen LogP contribution in [-0.2, 0) is 22.4 Å². The van der Waals surface area contributed by atoms with Gasteiger partial charge in [-0.3, -0.25) is 4.79 Å². The lowest BCUT2D eigenvalue weighted by molar-refractivity contribution is -0.136. The van der Waals surface area contributed by atoms with Crippen molar-refractivity contribution in [2.24, 2.45) is 0 Å². The van der Waals surface area contributed by atoms with Crippen molar-refractivity contribution in [3.05, 3.63) is 29.3 Å². The molecule has 1 aromatic rings. The molecule has 0 amide bonds. The number of nitrogens with zero attached hydrogens (tertiary/aromatic N) is 3. The molecule has 0 fully saturated rings. The Morgan fingerprint density at radius 3 is 2.31 bits per heavy atom. The van der Waals surface area contributed by atoms with E-state index < -0.39 is 0 Å². The average Bonchev–Trinajstić information content (AvgIpc) is 2.74. The quantitative estimate of drug-likeness (QED) is 0.713. The fourth-order valence-corrected chi connectivity index (χ4v) is 1.84. The number of carbonyl (C=O) groups excluding carboxylic acids is 1. The molecule has 5 nitrogen and oxygen atoms in total. The van der Waals surface area contributed by atoms with Crippen molar-refractivity contribution in [3.63, 3.8) is 0 Å². The number of rotatable bonds is 3. The first-order chi connectivity index (χ1) is 7.77. The van der Waals surface area contributed by atoms with Crippen LogP contribution in [0.1, 0.15) is 36.7 Å². The molecule has 84 valence electrons. The molecule has 0 bridgehead atoms. The number of hydrogen-bond donors (Lipinski definition) is 0. The maximum Gasteiger partial charge on any atom is 0.322 e. The van der Waals surface area contributed by atoms with Crippen LogP contribution in [0, 0.1) is 0 Å². The monoisotopic (exact) mass is 219 g/mol. The molecule has 0 N–H and O–H groups in total. The van der Waals surface area contributed by atoms with E-state index in [1.807, 2.05) is 13.8 Å². The minimum atomic E-state index is -0.368. The normalized spacial score (nSPS) is 18.9. The Balaban J connectivity index is 2.52. The third-order valence-corrected chi connectivity index (χ3v) is 2.64. The topological polar surface area (TPSA) is 65.0 Å². The van der Waals surface area contributed by atoms with Gasteiger partial charge in [-0.2, -0.15) is 0 Å². The number of ether oxygens (including phenoxy) is 1. The molecule has 2 heterocycles. The molecule has 0 saturated heterocycles. The minimum absolute atomic E-state index is 0.265. The maximum absolute atomic E-state index is 11.6. The smallest absolute Gasteiger partial charge is 0.322 e. The van der Waals surface area contributed by atoms with Gasteiger partial charge < -0.3 is 4.74 Å². The molecule has 1 aliphatic rings. The predicted molar refractivity (Wildman–Crippen MR) is 56.6 cm³/mol. The highest BCUT2D eigenvalue weighted by Gasteiger charge is 2.29. The van der Waals surface area contributed by atoms with Crippen molar-refractivity contribution in [3.8, 4) is 0 Å². The molecule has 0 spiro atoms. The van der Waals surface area contributed by atoms with Crippen molar-refractivity contribution in [1.29, 1.82) is 0 Å². The van der Waals surface area contributed by atoms with Crippen LogP contribution in [0.4, 0.5) is 0 Å². The molecule has 0 radical (unpaired) electrons. The molecule has 1 unspecified atom stereocenters. The molecule has 1 atom stereocenters. The number of cyclic esters (lactones) is 1. The molecular formula is C11H13N3O2. The third-order valence-electron chi connectivity index (χ3n) is 2.64. The van der Waals surface area contributed by atoms with Crippen LogP contribution in [-0.4, -0.2) is 21.4 Å². The Hall–Kier alpha value is -1.78. The van der Waals surface area contributed by atoms with E-state index in [-0.39, 0.29) is 11.9 Å². The summed E-state index contributed by atoms with van der Waals surface area (Å²) in [5.41, 5.74) is 2.50. The second-order valence-corrected chi connectivity index (χ2v) is 3.55. The summed E-state index contributed by atoms with van der Waals surface area (Å²) >= 11 is 0. The predicted octanol–water partition coefficient (Wildman–Crippen LogP) is 1.15. The van der Waals surface area contributed by atoms with Crippen LogP contribution in [0.15, 0.2) is 12.3 Å². The lowest BCUT2D eigenvalue weighted by atomic mass is 9.95. The van der Waals surface area contributed by atoms with Crippen LogP contribution in [0.2, 0.25) is 0 Å². The zero-order chi connectivity index (χ0) is 11.5. The second-order valence-electron chi connectivity index (χ2n) is 3.55.